The highest BCUT2D eigenvalue weighted by atomic mass is 32.2. The molecule has 0 saturated carbocycles. The second-order valence-corrected chi connectivity index (χ2v) is 6.77. The third kappa shape index (κ3) is 4.14. The number of piperidine rings is 1. The molecule has 1 aromatic heterocycles. The average molecular weight is 284 g/mol. The molecule has 1 saturated heterocycles. The molecular formula is C12H20N4O2S. The fraction of sp³-hybridized carbons (Fsp3) is 0.667. The Morgan fingerprint density at radius 1 is 1.47 bits per heavy atom. The van der Waals surface area contributed by atoms with E-state index in [1.165, 1.54) is 12.6 Å². The summed E-state index contributed by atoms with van der Waals surface area (Å²) >= 11 is 0. The number of hydrogen-bond donors (Lipinski definition) is 1. The molecule has 0 aromatic carbocycles. The number of aromatic nitrogens is 2. The van der Waals surface area contributed by atoms with Crippen LogP contribution in [0.1, 0.15) is 25.7 Å². The van der Waals surface area contributed by atoms with E-state index in [4.69, 9.17) is 0 Å². The standard InChI is InChI=1S/C12H20N4O2S/c1-19(17,18)16-9-3-2-4-11(16)5-8-14-12-6-7-13-10-15-12/h6-7,10-11H,2-5,8-9H2,1H3,(H,13,14,15)/t11-/m0/s1. The quantitative estimate of drug-likeness (QED) is 0.876. The largest absolute Gasteiger partial charge is 0.370 e. The first-order valence-corrected chi connectivity index (χ1v) is 8.39. The third-order valence-electron chi connectivity index (χ3n) is 3.36. The van der Waals surface area contributed by atoms with Gasteiger partial charge in [-0.15, -0.1) is 0 Å². The van der Waals surface area contributed by atoms with Crippen molar-refractivity contribution in [2.75, 3.05) is 24.7 Å². The SMILES string of the molecule is CS(=O)(=O)N1CCCC[C@H]1CCNc1ccncn1. The number of rotatable bonds is 5. The van der Waals surface area contributed by atoms with E-state index in [1.54, 1.807) is 16.6 Å². The minimum atomic E-state index is -3.09. The van der Waals surface area contributed by atoms with Gasteiger partial charge < -0.3 is 5.32 Å². The Morgan fingerprint density at radius 2 is 2.32 bits per heavy atom. The van der Waals surface area contributed by atoms with Crippen LogP contribution >= 0.6 is 0 Å². The van der Waals surface area contributed by atoms with Crippen LogP contribution < -0.4 is 5.32 Å². The minimum absolute atomic E-state index is 0.109. The maximum atomic E-state index is 11.7. The zero-order valence-corrected chi connectivity index (χ0v) is 11.9. The smallest absolute Gasteiger partial charge is 0.211 e. The molecule has 2 heterocycles. The lowest BCUT2D eigenvalue weighted by Gasteiger charge is -2.33. The van der Waals surface area contributed by atoms with E-state index in [9.17, 15) is 8.42 Å². The van der Waals surface area contributed by atoms with Gasteiger partial charge in [0.1, 0.15) is 12.1 Å². The monoisotopic (exact) mass is 284 g/mol. The van der Waals surface area contributed by atoms with Crippen molar-refractivity contribution < 1.29 is 8.42 Å². The topological polar surface area (TPSA) is 75.2 Å². The number of hydrogen-bond acceptors (Lipinski definition) is 5. The van der Waals surface area contributed by atoms with Gasteiger partial charge in [-0.05, 0) is 25.3 Å². The van der Waals surface area contributed by atoms with Crippen LogP contribution in [0.2, 0.25) is 0 Å². The van der Waals surface area contributed by atoms with Crippen LogP contribution in [0.15, 0.2) is 18.6 Å². The van der Waals surface area contributed by atoms with Crippen molar-refractivity contribution in [1.29, 1.82) is 0 Å². The summed E-state index contributed by atoms with van der Waals surface area (Å²) in [4.78, 5) is 7.92. The van der Waals surface area contributed by atoms with Crippen molar-refractivity contribution >= 4 is 15.8 Å². The second kappa shape index (κ2) is 6.29. The summed E-state index contributed by atoms with van der Waals surface area (Å²) in [6.07, 6.45) is 8.27. The molecule has 1 aliphatic rings. The molecule has 6 nitrogen and oxygen atoms in total. The summed E-state index contributed by atoms with van der Waals surface area (Å²) in [7, 11) is -3.09. The van der Waals surface area contributed by atoms with E-state index in [-0.39, 0.29) is 6.04 Å². The molecule has 1 N–H and O–H groups in total. The molecule has 1 fully saturated rings. The normalized spacial score (nSPS) is 21.2. The lowest BCUT2D eigenvalue weighted by atomic mass is 10.0. The van der Waals surface area contributed by atoms with Crippen LogP contribution in [0.25, 0.3) is 0 Å². The summed E-state index contributed by atoms with van der Waals surface area (Å²) in [5.74, 6) is 0.775. The van der Waals surface area contributed by atoms with E-state index in [2.05, 4.69) is 15.3 Å². The molecule has 1 aliphatic heterocycles. The molecule has 7 heteroatoms. The highest BCUT2D eigenvalue weighted by Gasteiger charge is 2.28. The number of anilines is 1. The van der Waals surface area contributed by atoms with Crippen molar-refractivity contribution in [2.45, 2.75) is 31.7 Å². The zero-order valence-electron chi connectivity index (χ0n) is 11.1. The van der Waals surface area contributed by atoms with Crippen LogP contribution in [0.5, 0.6) is 0 Å². The van der Waals surface area contributed by atoms with Crippen molar-refractivity contribution in [1.82, 2.24) is 14.3 Å². The van der Waals surface area contributed by atoms with Gasteiger partial charge in [0.2, 0.25) is 10.0 Å². The molecule has 19 heavy (non-hydrogen) atoms. The molecular weight excluding hydrogens is 264 g/mol. The Kier molecular flexibility index (Phi) is 4.71. The van der Waals surface area contributed by atoms with Gasteiger partial charge in [-0.1, -0.05) is 6.42 Å². The van der Waals surface area contributed by atoms with Crippen LogP contribution in [0, 0.1) is 0 Å². The van der Waals surface area contributed by atoms with Crippen molar-refractivity contribution in [2.24, 2.45) is 0 Å². The highest BCUT2D eigenvalue weighted by Crippen LogP contribution is 2.22. The maximum absolute atomic E-state index is 11.7. The Balaban J connectivity index is 1.87. The lowest BCUT2D eigenvalue weighted by molar-refractivity contribution is 0.246. The number of sulfonamides is 1. The van der Waals surface area contributed by atoms with Crippen molar-refractivity contribution in [3.05, 3.63) is 18.6 Å². The molecule has 0 unspecified atom stereocenters. The first-order valence-electron chi connectivity index (χ1n) is 6.54. The summed E-state index contributed by atoms with van der Waals surface area (Å²) in [6.45, 7) is 1.37. The summed E-state index contributed by atoms with van der Waals surface area (Å²) < 4.78 is 25.1. The second-order valence-electron chi connectivity index (χ2n) is 4.83. The van der Waals surface area contributed by atoms with E-state index in [0.29, 0.717) is 13.1 Å². The van der Waals surface area contributed by atoms with E-state index >= 15 is 0 Å². The first-order chi connectivity index (χ1) is 9.07. The van der Waals surface area contributed by atoms with Gasteiger partial charge in [0.05, 0.1) is 6.26 Å². The minimum Gasteiger partial charge on any atom is -0.370 e. The van der Waals surface area contributed by atoms with Gasteiger partial charge in [-0.25, -0.2) is 18.4 Å². The van der Waals surface area contributed by atoms with Crippen LogP contribution in [0.3, 0.4) is 0 Å². The summed E-state index contributed by atoms with van der Waals surface area (Å²) in [5, 5.41) is 3.19. The molecule has 1 atom stereocenters. The van der Waals surface area contributed by atoms with Gasteiger partial charge in [-0.3, -0.25) is 0 Å². The Labute approximate surface area is 114 Å². The fourth-order valence-corrected chi connectivity index (χ4v) is 3.67. The molecule has 0 aliphatic carbocycles. The molecule has 0 radical (unpaired) electrons. The Morgan fingerprint density at radius 3 is 3.00 bits per heavy atom. The van der Waals surface area contributed by atoms with Crippen LogP contribution in [-0.4, -0.2) is 48.1 Å². The van der Waals surface area contributed by atoms with E-state index in [0.717, 1.165) is 31.5 Å². The predicted octanol–water partition coefficient (Wildman–Crippen LogP) is 1.09. The third-order valence-corrected chi connectivity index (χ3v) is 4.70. The molecule has 2 rings (SSSR count). The number of nitrogens with zero attached hydrogens (tertiary/aromatic N) is 3. The van der Waals surface area contributed by atoms with Crippen molar-refractivity contribution in [3.8, 4) is 0 Å². The first kappa shape index (κ1) is 14.2. The highest BCUT2D eigenvalue weighted by molar-refractivity contribution is 7.88. The fourth-order valence-electron chi connectivity index (χ4n) is 2.46. The average Bonchev–Trinajstić information content (AvgIpc) is 2.39. The molecule has 1 aromatic rings. The van der Waals surface area contributed by atoms with Crippen molar-refractivity contribution in [3.63, 3.8) is 0 Å². The maximum Gasteiger partial charge on any atom is 0.211 e. The van der Waals surface area contributed by atoms with Crippen LogP contribution in [-0.2, 0) is 10.0 Å². The summed E-state index contributed by atoms with van der Waals surface area (Å²) in [5.41, 5.74) is 0. The van der Waals surface area contributed by atoms with Crippen LogP contribution in [0.4, 0.5) is 5.82 Å². The molecule has 0 amide bonds. The van der Waals surface area contributed by atoms with Gasteiger partial charge in [-0.2, -0.15) is 4.31 Å². The predicted molar refractivity (Wildman–Crippen MR) is 74.3 cm³/mol. The molecule has 0 spiro atoms. The molecule has 106 valence electrons. The Hall–Kier alpha value is -1.21. The van der Waals surface area contributed by atoms with Gasteiger partial charge in [0, 0.05) is 25.3 Å². The summed E-state index contributed by atoms with van der Waals surface area (Å²) in [6, 6.07) is 1.91. The zero-order chi connectivity index (χ0) is 13.7. The Bertz CT molecular complexity index is 492. The van der Waals surface area contributed by atoms with Gasteiger partial charge in [0.25, 0.3) is 0 Å². The molecule has 0 bridgehead atoms. The van der Waals surface area contributed by atoms with E-state index < -0.39 is 10.0 Å². The number of nitrogens with one attached hydrogen (secondary N) is 1. The van der Waals surface area contributed by atoms with E-state index in [1.807, 2.05) is 0 Å². The lowest BCUT2D eigenvalue weighted by Crippen LogP contribution is -2.43. The van der Waals surface area contributed by atoms with Gasteiger partial charge >= 0.3 is 0 Å². The van der Waals surface area contributed by atoms with Gasteiger partial charge in [0.15, 0.2) is 0 Å².